The van der Waals surface area contributed by atoms with Gasteiger partial charge in [0.25, 0.3) is 0 Å². The first-order valence-electron chi connectivity index (χ1n) is 6.35. The van der Waals surface area contributed by atoms with Crippen molar-refractivity contribution in [2.24, 2.45) is 0 Å². The summed E-state index contributed by atoms with van der Waals surface area (Å²) in [6.45, 7) is 3.47. The largest absolute Gasteiger partial charge is 0.417 e. The van der Waals surface area contributed by atoms with Crippen LogP contribution in [0.1, 0.15) is 18.9 Å². The number of rotatable bonds is 4. The van der Waals surface area contributed by atoms with E-state index >= 15 is 0 Å². The number of aromatic amines is 1. The Labute approximate surface area is 130 Å². The molecule has 0 spiro atoms. The van der Waals surface area contributed by atoms with Crippen molar-refractivity contribution in [3.8, 4) is 0 Å². The fourth-order valence-corrected chi connectivity index (χ4v) is 4.24. The summed E-state index contributed by atoms with van der Waals surface area (Å²) in [6, 6.07) is 4.22. The van der Waals surface area contributed by atoms with Gasteiger partial charge in [0.15, 0.2) is 5.58 Å². The summed E-state index contributed by atoms with van der Waals surface area (Å²) >= 11 is 1.37. The highest BCUT2D eigenvalue weighted by Gasteiger charge is 2.30. The summed E-state index contributed by atoms with van der Waals surface area (Å²) in [5, 5.41) is 2.44. The Hall–Kier alpha value is -1.97. The fraction of sp³-hybridized carbons (Fsp3) is 0.231. The van der Waals surface area contributed by atoms with Crippen molar-refractivity contribution < 1.29 is 12.8 Å². The number of hydrogen-bond acceptors (Lipinski definition) is 6. The van der Waals surface area contributed by atoms with Gasteiger partial charge in [0.05, 0.1) is 16.0 Å². The first-order chi connectivity index (χ1) is 10.3. The van der Waals surface area contributed by atoms with Gasteiger partial charge in [-0.25, -0.2) is 18.2 Å². The molecule has 0 saturated carbocycles. The van der Waals surface area contributed by atoms with E-state index in [-0.39, 0.29) is 10.5 Å². The molecule has 116 valence electrons. The van der Waals surface area contributed by atoms with Crippen LogP contribution in [0.2, 0.25) is 0 Å². The third-order valence-electron chi connectivity index (χ3n) is 3.06. The maximum atomic E-state index is 12.5. The summed E-state index contributed by atoms with van der Waals surface area (Å²) in [6.07, 6.45) is 1.62. The molecule has 2 heterocycles. The van der Waals surface area contributed by atoms with Gasteiger partial charge in [-0.1, -0.05) is 0 Å². The van der Waals surface area contributed by atoms with E-state index in [4.69, 9.17) is 4.42 Å². The molecule has 0 amide bonds. The van der Waals surface area contributed by atoms with Crippen LogP contribution >= 0.6 is 11.3 Å². The Balaban J connectivity index is 1.99. The molecule has 2 aromatic heterocycles. The molecule has 0 radical (unpaired) electrons. The second kappa shape index (κ2) is 5.04. The molecule has 0 saturated heterocycles. The van der Waals surface area contributed by atoms with E-state index in [0.29, 0.717) is 10.5 Å². The number of sulfonamides is 1. The van der Waals surface area contributed by atoms with Gasteiger partial charge in [0.1, 0.15) is 5.01 Å². The Morgan fingerprint density at radius 2 is 2.14 bits per heavy atom. The van der Waals surface area contributed by atoms with Crippen molar-refractivity contribution in [1.29, 1.82) is 0 Å². The highest BCUT2D eigenvalue weighted by atomic mass is 32.2. The second-order valence-electron chi connectivity index (χ2n) is 5.24. The lowest BCUT2D eigenvalue weighted by Crippen LogP contribution is -2.40. The van der Waals surface area contributed by atoms with E-state index in [1.807, 2.05) is 0 Å². The highest BCUT2D eigenvalue weighted by Crippen LogP contribution is 2.25. The Bertz CT molecular complexity index is 968. The van der Waals surface area contributed by atoms with Gasteiger partial charge in [-0.15, -0.1) is 11.3 Å². The van der Waals surface area contributed by atoms with Crippen molar-refractivity contribution in [3.05, 3.63) is 45.3 Å². The molecule has 2 N–H and O–H groups in total. The minimum atomic E-state index is -3.79. The number of oxazole rings is 1. The molecule has 9 heteroatoms. The van der Waals surface area contributed by atoms with E-state index in [0.717, 1.165) is 0 Å². The van der Waals surface area contributed by atoms with Crippen molar-refractivity contribution in [2.75, 3.05) is 0 Å². The van der Waals surface area contributed by atoms with Crippen molar-refractivity contribution in [2.45, 2.75) is 24.3 Å². The molecule has 3 rings (SSSR count). The first-order valence-corrected chi connectivity index (χ1v) is 8.71. The molecule has 7 nitrogen and oxygen atoms in total. The Kier molecular flexibility index (Phi) is 3.42. The first kappa shape index (κ1) is 14.9. The SMILES string of the molecule is CC(C)(NS(=O)(=O)c1ccc2[nH]c(=O)oc2c1)c1nccs1. The number of aromatic nitrogens is 2. The van der Waals surface area contributed by atoms with Crippen LogP contribution < -0.4 is 10.5 Å². The summed E-state index contributed by atoms with van der Waals surface area (Å²) < 4.78 is 32.6. The standard InChI is InChI=1S/C13H13N3O4S2/c1-13(2,11-14-5-6-21-11)16-22(18,19)8-3-4-9-10(7-8)20-12(17)15-9/h3-7,16H,1-2H3,(H,15,17). The molecule has 3 aromatic rings. The van der Waals surface area contributed by atoms with Crippen LogP contribution in [0.4, 0.5) is 0 Å². The van der Waals surface area contributed by atoms with E-state index in [9.17, 15) is 13.2 Å². The predicted octanol–water partition coefficient (Wildman–Crippen LogP) is 1.79. The Morgan fingerprint density at radius 3 is 2.82 bits per heavy atom. The van der Waals surface area contributed by atoms with Gasteiger partial charge in [-0.3, -0.25) is 4.98 Å². The Morgan fingerprint density at radius 1 is 1.36 bits per heavy atom. The van der Waals surface area contributed by atoms with Gasteiger partial charge in [0, 0.05) is 17.6 Å². The molecule has 0 fully saturated rings. The van der Waals surface area contributed by atoms with Crippen LogP contribution in [0.5, 0.6) is 0 Å². The maximum Gasteiger partial charge on any atom is 0.417 e. The zero-order valence-electron chi connectivity index (χ0n) is 11.8. The molecule has 0 unspecified atom stereocenters. The monoisotopic (exact) mass is 339 g/mol. The summed E-state index contributed by atoms with van der Waals surface area (Å²) in [4.78, 5) is 17.8. The molecule has 0 bridgehead atoms. The van der Waals surface area contributed by atoms with Crippen LogP contribution in [0, 0.1) is 0 Å². The lowest BCUT2D eigenvalue weighted by atomic mass is 10.1. The fourth-order valence-electron chi connectivity index (χ4n) is 2.06. The average molecular weight is 339 g/mol. The highest BCUT2D eigenvalue weighted by molar-refractivity contribution is 7.89. The minimum Gasteiger partial charge on any atom is -0.408 e. The quantitative estimate of drug-likeness (QED) is 0.754. The zero-order chi connectivity index (χ0) is 16.0. The summed E-state index contributed by atoms with van der Waals surface area (Å²) in [7, 11) is -3.79. The smallest absolute Gasteiger partial charge is 0.408 e. The van der Waals surface area contributed by atoms with Gasteiger partial charge in [-0.2, -0.15) is 4.72 Å². The van der Waals surface area contributed by atoms with Crippen molar-refractivity contribution in [1.82, 2.24) is 14.7 Å². The second-order valence-corrected chi connectivity index (χ2v) is 7.82. The van der Waals surface area contributed by atoms with Gasteiger partial charge >= 0.3 is 5.76 Å². The van der Waals surface area contributed by atoms with Crippen LogP contribution in [-0.4, -0.2) is 18.4 Å². The number of nitrogens with zero attached hydrogens (tertiary/aromatic N) is 1. The average Bonchev–Trinajstić information content (AvgIpc) is 3.04. The van der Waals surface area contributed by atoms with Crippen molar-refractivity contribution >= 4 is 32.5 Å². The molecule has 0 atom stereocenters. The number of hydrogen-bond donors (Lipinski definition) is 2. The minimum absolute atomic E-state index is 0.0207. The molecule has 22 heavy (non-hydrogen) atoms. The van der Waals surface area contributed by atoms with Crippen LogP contribution in [0.25, 0.3) is 11.1 Å². The van der Waals surface area contributed by atoms with Crippen molar-refractivity contribution in [3.63, 3.8) is 0 Å². The number of H-pyrrole nitrogens is 1. The molecule has 0 aliphatic heterocycles. The van der Waals surface area contributed by atoms with Gasteiger partial charge < -0.3 is 4.42 Å². The van der Waals surface area contributed by atoms with Crippen LogP contribution in [-0.2, 0) is 15.6 Å². The number of benzene rings is 1. The third kappa shape index (κ3) is 2.70. The number of nitrogens with one attached hydrogen (secondary N) is 2. The third-order valence-corrected chi connectivity index (χ3v) is 5.81. The zero-order valence-corrected chi connectivity index (χ0v) is 13.4. The van der Waals surface area contributed by atoms with E-state index < -0.39 is 21.3 Å². The summed E-state index contributed by atoms with van der Waals surface area (Å²) in [5.41, 5.74) is -0.205. The molecule has 1 aromatic carbocycles. The molecule has 0 aliphatic rings. The van der Waals surface area contributed by atoms with E-state index in [1.165, 1.54) is 29.5 Å². The molecular weight excluding hydrogens is 326 g/mol. The van der Waals surface area contributed by atoms with Gasteiger partial charge in [-0.05, 0) is 26.0 Å². The van der Waals surface area contributed by atoms with Crippen LogP contribution in [0.3, 0.4) is 0 Å². The normalized spacial score (nSPS) is 12.8. The molecule has 0 aliphatic carbocycles. The van der Waals surface area contributed by atoms with Crippen LogP contribution in [0.15, 0.2) is 43.9 Å². The lowest BCUT2D eigenvalue weighted by Gasteiger charge is -2.23. The van der Waals surface area contributed by atoms with Gasteiger partial charge in [0.2, 0.25) is 10.0 Å². The van der Waals surface area contributed by atoms with E-state index in [2.05, 4.69) is 14.7 Å². The lowest BCUT2D eigenvalue weighted by molar-refractivity contribution is 0.469. The predicted molar refractivity (Wildman–Crippen MR) is 82.3 cm³/mol. The maximum absolute atomic E-state index is 12.5. The molecular formula is C13H13N3O4S2. The topological polar surface area (TPSA) is 105 Å². The number of fused-ring (bicyclic) bond motifs is 1. The number of thiazole rings is 1. The summed E-state index contributed by atoms with van der Waals surface area (Å²) in [5.74, 6) is -0.624. The van der Waals surface area contributed by atoms with E-state index in [1.54, 1.807) is 25.4 Å².